The van der Waals surface area contributed by atoms with E-state index in [2.05, 4.69) is 11.9 Å². The van der Waals surface area contributed by atoms with Crippen molar-refractivity contribution in [3.05, 3.63) is 179 Å². The van der Waals surface area contributed by atoms with E-state index in [1.54, 1.807) is 0 Å². The number of non-ortho nitro benzene ring substituents is 1. The highest BCUT2D eigenvalue weighted by Gasteiger charge is 2.68. The number of carbonyl (C=O) groups excluding carboxylic acids is 4. The topological polar surface area (TPSA) is 154 Å². The molecule has 1 saturated heterocycles. The van der Waals surface area contributed by atoms with Gasteiger partial charge in [0.15, 0.2) is 0 Å². The largest absolute Gasteiger partial charge is 0.508 e. The molecule has 14 heteroatoms. The lowest BCUT2D eigenvalue weighted by atomic mass is 9.67. The number of hydrogen-bond acceptors (Lipinski definition) is 10. The summed E-state index contributed by atoms with van der Waals surface area (Å²) < 4.78 is 17.4. The van der Waals surface area contributed by atoms with E-state index in [1.165, 1.54) is 49.1 Å². The zero-order valence-corrected chi connectivity index (χ0v) is 34.6. The van der Waals surface area contributed by atoms with Crippen molar-refractivity contribution < 1.29 is 38.3 Å². The molecule has 0 saturated carbocycles. The lowest BCUT2D eigenvalue weighted by molar-refractivity contribution is -0.384. The molecule has 0 radical (unpaired) electrons. The third kappa shape index (κ3) is 8.68. The number of carbonyl (C=O) groups is 4. The van der Waals surface area contributed by atoms with Gasteiger partial charge in [-0.15, -0.1) is 0 Å². The fourth-order valence-electron chi connectivity index (χ4n) is 7.39. The highest BCUT2D eigenvalue weighted by molar-refractivity contribution is 7.96. The number of nitro benzene ring substituents is 1. The minimum absolute atomic E-state index is 0.0149. The molecule has 60 heavy (non-hydrogen) atoms. The van der Waals surface area contributed by atoms with Gasteiger partial charge in [0.25, 0.3) is 5.69 Å². The van der Waals surface area contributed by atoms with E-state index in [0.717, 1.165) is 15.9 Å². The molecule has 1 heterocycles. The molecule has 1 N–H and O–H groups in total. The van der Waals surface area contributed by atoms with Gasteiger partial charge in [-0.25, -0.2) is 9.59 Å². The Bertz CT molecular complexity index is 2350. The van der Waals surface area contributed by atoms with Crippen molar-refractivity contribution in [3.8, 4) is 0 Å². The number of nitro groups is 1. The Morgan fingerprint density at radius 3 is 1.75 bits per heavy atom. The van der Waals surface area contributed by atoms with Crippen LogP contribution in [0.2, 0.25) is 0 Å². The number of rotatable bonds is 16. The van der Waals surface area contributed by atoms with Gasteiger partial charge in [-0.3, -0.25) is 24.6 Å². The number of esters is 1. The predicted molar refractivity (Wildman–Crippen MR) is 235 cm³/mol. The van der Waals surface area contributed by atoms with E-state index in [4.69, 9.17) is 26.4 Å². The normalized spacial score (nSPS) is 16.3. The highest BCUT2D eigenvalue weighted by atomic mass is 32.1. The number of nitrogens with one attached hydrogen (secondary N) is 1. The smallest absolute Gasteiger partial charge is 0.456 e. The molecule has 2 unspecified atom stereocenters. The SMILES string of the molecule is C=CC(=S)CC1(C(C)OC(=O)OCc2ccc([N+](=O)[O-])cc2)C(=O)N(C(C(=O)OCc2ccccc2)=P(c2ccccc2)(c2ccccc2)c2ccccc2)[C@@H]1NC(C)=O. The molecule has 2 amide bonds. The average Bonchev–Trinajstić information content (AvgIpc) is 3.27. The van der Waals surface area contributed by atoms with Crippen molar-refractivity contribution in [1.82, 2.24) is 10.2 Å². The monoisotopic (exact) mass is 843 g/mol. The molecular formula is C46H42N3O9PS. The zero-order chi connectivity index (χ0) is 42.9. The van der Waals surface area contributed by atoms with Gasteiger partial charge in [-0.2, -0.15) is 0 Å². The summed E-state index contributed by atoms with van der Waals surface area (Å²) in [6.45, 7) is 2.74. The Kier molecular flexibility index (Phi) is 13.5. The van der Waals surface area contributed by atoms with Gasteiger partial charge < -0.3 is 19.5 Å². The minimum atomic E-state index is -3.42. The Hall–Kier alpha value is -6.69. The third-order valence-corrected chi connectivity index (χ3v) is 14.8. The zero-order valence-electron chi connectivity index (χ0n) is 32.8. The number of allylic oxidation sites excluding steroid dienone is 1. The van der Waals surface area contributed by atoms with Gasteiger partial charge in [-0.1, -0.05) is 146 Å². The molecule has 0 bridgehead atoms. The van der Waals surface area contributed by atoms with Crippen molar-refractivity contribution in [1.29, 1.82) is 0 Å². The van der Waals surface area contributed by atoms with E-state index in [1.807, 2.05) is 121 Å². The van der Waals surface area contributed by atoms with Gasteiger partial charge in [0.2, 0.25) is 11.8 Å². The van der Waals surface area contributed by atoms with Crippen LogP contribution in [0.4, 0.5) is 10.5 Å². The lowest BCUT2D eigenvalue weighted by Gasteiger charge is -2.58. The first-order valence-electron chi connectivity index (χ1n) is 18.9. The van der Waals surface area contributed by atoms with E-state index in [0.29, 0.717) is 11.1 Å². The maximum atomic E-state index is 15.6. The first kappa shape index (κ1) is 42.9. The number of β-lactam (4-membered cyclic amide) rings is 1. The molecule has 0 spiro atoms. The van der Waals surface area contributed by atoms with Crippen molar-refractivity contribution in [2.24, 2.45) is 5.41 Å². The summed E-state index contributed by atoms with van der Waals surface area (Å²) >= 11 is 5.64. The maximum absolute atomic E-state index is 15.6. The summed E-state index contributed by atoms with van der Waals surface area (Å²) in [7, 11) is 0. The average molecular weight is 844 g/mol. The summed E-state index contributed by atoms with van der Waals surface area (Å²) in [5, 5.41) is 16.2. The quantitative estimate of drug-likeness (QED) is 0.0215. The fraction of sp³-hybridized carbons (Fsp3) is 0.174. The second kappa shape index (κ2) is 18.9. The van der Waals surface area contributed by atoms with E-state index in [-0.39, 0.29) is 35.6 Å². The van der Waals surface area contributed by atoms with Crippen LogP contribution < -0.4 is 21.2 Å². The third-order valence-electron chi connectivity index (χ3n) is 10.3. The van der Waals surface area contributed by atoms with Crippen LogP contribution in [0.3, 0.4) is 0 Å². The Morgan fingerprint density at radius 1 is 0.817 bits per heavy atom. The number of hydrogen-bond donors (Lipinski definition) is 1. The highest BCUT2D eigenvalue weighted by Crippen LogP contribution is 2.53. The summed E-state index contributed by atoms with van der Waals surface area (Å²) in [5.74, 6) is -2.01. The molecule has 1 aliphatic heterocycles. The van der Waals surface area contributed by atoms with Gasteiger partial charge >= 0.3 is 12.1 Å². The summed E-state index contributed by atoms with van der Waals surface area (Å²) in [6.07, 6.45) is -2.58. The van der Waals surface area contributed by atoms with Crippen molar-refractivity contribution in [2.45, 2.75) is 45.8 Å². The first-order chi connectivity index (χ1) is 28.9. The van der Waals surface area contributed by atoms with Crippen LogP contribution in [0.25, 0.3) is 0 Å². The lowest BCUT2D eigenvalue weighted by Crippen LogP contribution is -2.80. The second-order valence-electron chi connectivity index (χ2n) is 14.0. The number of thiocarbonyl (C=S) groups is 1. The predicted octanol–water partition coefficient (Wildman–Crippen LogP) is 6.74. The molecule has 1 aliphatic rings. The molecule has 3 atom stereocenters. The molecule has 306 valence electrons. The molecule has 0 aliphatic carbocycles. The van der Waals surface area contributed by atoms with Crippen LogP contribution in [0.5, 0.6) is 0 Å². The molecule has 6 rings (SSSR count). The molecule has 0 aromatic heterocycles. The second-order valence-corrected chi connectivity index (χ2v) is 17.8. The Balaban J connectivity index is 1.55. The number of amides is 2. The van der Waals surface area contributed by atoms with E-state index < -0.39 is 53.4 Å². The first-order valence-corrected chi connectivity index (χ1v) is 21.1. The maximum Gasteiger partial charge on any atom is 0.508 e. The molecular weight excluding hydrogens is 802 g/mol. The standard InChI is InChI=1S/C46H42N3O9PS/c1-4-40(60)29-46(32(2)58-45(53)57-31-35-25-27-36(28-26-35)49(54)55)43(47-33(3)50)48(44(46)52)41(42(51)56-30-34-17-9-5-10-18-34)59(37-19-11-6-12-20-37,38-21-13-7-14-22-38)39-23-15-8-16-24-39/h4-28,32,43H,1,29-31H2,2-3H3,(H,47,50)/t32?,43-,46?/m0/s1. The van der Waals surface area contributed by atoms with Gasteiger partial charge in [-0.05, 0) is 46.1 Å². The summed E-state index contributed by atoms with van der Waals surface area (Å²) in [6, 6.07) is 42.7. The molecule has 12 nitrogen and oxygen atoms in total. The Morgan fingerprint density at radius 2 is 1.28 bits per heavy atom. The van der Waals surface area contributed by atoms with Crippen molar-refractivity contribution in [2.75, 3.05) is 0 Å². The van der Waals surface area contributed by atoms with Crippen LogP contribution in [0, 0.1) is 15.5 Å². The van der Waals surface area contributed by atoms with E-state index in [9.17, 15) is 19.7 Å². The minimum Gasteiger partial charge on any atom is -0.456 e. The Labute approximate surface area is 352 Å². The van der Waals surface area contributed by atoms with Gasteiger partial charge in [0.05, 0.1) is 4.92 Å². The van der Waals surface area contributed by atoms with Crippen LogP contribution in [-0.2, 0) is 41.8 Å². The van der Waals surface area contributed by atoms with Crippen LogP contribution in [0.15, 0.2) is 158 Å². The van der Waals surface area contributed by atoms with Crippen molar-refractivity contribution in [3.63, 3.8) is 0 Å². The van der Waals surface area contributed by atoms with Crippen molar-refractivity contribution >= 4 is 74.9 Å². The van der Waals surface area contributed by atoms with Gasteiger partial charge in [0, 0.05) is 37.2 Å². The summed E-state index contributed by atoms with van der Waals surface area (Å²) in [4.78, 5) is 69.6. The van der Waals surface area contributed by atoms with E-state index >= 15 is 9.59 Å². The molecule has 5 aromatic rings. The van der Waals surface area contributed by atoms with Gasteiger partial charge in [0.1, 0.15) is 36.3 Å². The fourth-order valence-corrected chi connectivity index (χ4v) is 12.0. The van der Waals surface area contributed by atoms with Crippen LogP contribution in [0.1, 0.15) is 31.4 Å². The van der Waals surface area contributed by atoms with Crippen LogP contribution >= 0.6 is 19.1 Å². The number of nitrogens with zero attached hydrogens (tertiary/aromatic N) is 2. The molecule has 1 fully saturated rings. The number of benzene rings is 5. The van der Waals surface area contributed by atoms with Crippen LogP contribution in [-0.4, -0.2) is 56.3 Å². The summed E-state index contributed by atoms with van der Waals surface area (Å²) in [5.41, 5.74) is -0.759. The number of ether oxygens (including phenoxy) is 3. The number of likely N-dealkylation sites (tertiary alicyclic amines) is 1. The molecule has 5 aromatic carbocycles.